The molecule has 1 aliphatic rings. The summed E-state index contributed by atoms with van der Waals surface area (Å²) in [6, 6.07) is 12.2. The van der Waals surface area contributed by atoms with Gasteiger partial charge in [-0.05, 0) is 54.5 Å². The predicted molar refractivity (Wildman–Crippen MR) is 97.0 cm³/mol. The summed E-state index contributed by atoms with van der Waals surface area (Å²) in [5.41, 5.74) is 3.59. The summed E-state index contributed by atoms with van der Waals surface area (Å²) in [5, 5.41) is 12.2. The molecule has 0 unspecified atom stereocenters. The molecule has 0 saturated heterocycles. The van der Waals surface area contributed by atoms with Crippen LogP contribution >= 0.6 is 0 Å². The van der Waals surface area contributed by atoms with Gasteiger partial charge in [0.05, 0.1) is 6.04 Å². The lowest BCUT2D eigenvalue weighted by Crippen LogP contribution is -2.43. The minimum Gasteiger partial charge on any atom is -0.396 e. The van der Waals surface area contributed by atoms with Gasteiger partial charge < -0.3 is 15.3 Å². The Morgan fingerprint density at radius 2 is 2.04 bits per heavy atom. The number of pyridine rings is 1. The van der Waals surface area contributed by atoms with Crippen molar-refractivity contribution in [2.75, 3.05) is 13.2 Å². The van der Waals surface area contributed by atoms with Crippen LogP contribution in [0, 0.1) is 0 Å². The minimum atomic E-state index is -0.0769. The number of fused-ring (bicyclic) bond motifs is 1. The van der Waals surface area contributed by atoms with Gasteiger partial charge in [-0.25, -0.2) is 4.79 Å². The van der Waals surface area contributed by atoms with Crippen LogP contribution in [-0.4, -0.2) is 34.2 Å². The first-order chi connectivity index (χ1) is 12.3. The van der Waals surface area contributed by atoms with E-state index >= 15 is 0 Å². The number of nitrogens with zero attached hydrogens (tertiary/aromatic N) is 2. The fourth-order valence-electron chi connectivity index (χ4n) is 3.47. The van der Waals surface area contributed by atoms with E-state index in [0.717, 1.165) is 24.8 Å². The molecule has 5 nitrogen and oxygen atoms in total. The number of rotatable bonds is 6. The molecule has 0 radical (unpaired) electrons. The average molecular weight is 339 g/mol. The third kappa shape index (κ3) is 4.37. The van der Waals surface area contributed by atoms with E-state index in [1.807, 2.05) is 23.1 Å². The molecule has 2 amide bonds. The van der Waals surface area contributed by atoms with Gasteiger partial charge in [0.2, 0.25) is 0 Å². The van der Waals surface area contributed by atoms with Crippen molar-refractivity contribution in [3.05, 3.63) is 65.5 Å². The zero-order valence-corrected chi connectivity index (χ0v) is 14.4. The number of hydrogen-bond acceptors (Lipinski definition) is 3. The second kappa shape index (κ2) is 8.62. The smallest absolute Gasteiger partial charge is 0.318 e. The molecule has 3 rings (SSSR count). The molecule has 2 aromatic rings. The summed E-state index contributed by atoms with van der Waals surface area (Å²) in [6.45, 7) is 1.12. The van der Waals surface area contributed by atoms with E-state index in [4.69, 9.17) is 0 Å². The van der Waals surface area contributed by atoms with Crippen molar-refractivity contribution in [1.82, 2.24) is 15.2 Å². The van der Waals surface area contributed by atoms with Crippen molar-refractivity contribution in [3.63, 3.8) is 0 Å². The second-order valence-corrected chi connectivity index (χ2v) is 6.39. The highest BCUT2D eigenvalue weighted by Gasteiger charge is 2.28. The Labute approximate surface area is 148 Å². The van der Waals surface area contributed by atoms with Crippen LogP contribution in [0.4, 0.5) is 4.79 Å². The number of nitrogens with one attached hydrogen (secondary N) is 1. The number of aromatic nitrogens is 1. The predicted octanol–water partition coefficient (Wildman–Crippen LogP) is 3.05. The number of amides is 2. The molecule has 2 N–H and O–H groups in total. The maximum atomic E-state index is 12.8. The van der Waals surface area contributed by atoms with E-state index in [1.54, 1.807) is 12.4 Å². The van der Waals surface area contributed by atoms with Crippen LogP contribution in [0.25, 0.3) is 0 Å². The molecule has 5 heteroatoms. The number of aliphatic hydroxyl groups is 1. The third-order valence-corrected chi connectivity index (χ3v) is 4.73. The highest BCUT2D eigenvalue weighted by Crippen LogP contribution is 2.34. The molecular weight excluding hydrogens is 314 g/mol. The molecule has 1 aromatic carbocycles. The molecule has 0 saturated carbocycles. The largest absolute Gasteiger partial charge is 0.396 e. The normalized spacial score (nSPS) is 16.1. The average Bonchev–Trinajstić information content (AvgIpc) is 2.67. The maximum absolute atomic E-state index is 12.8. The summed E-state index contributed by atoms with van der Waals surface area (Å²) in [4.78, 5) is 18.7. The van der Waals surface area contributed by atoms with Crippen molar-refractivity contribution < 1.29 is 9.90 Å². The molecule has 0 spiro atoms. The zero-order valence-electron chi connectivity index (χ0n) is 14.4. The molecule has 1 aromatic heterocycles. The van der Waals surface area contributed by atoms with Crippen molar-refractivity contribution in [1.29, 1.82) is 0 Å². The van der Waals surface area contributed by atoms with E-state index in [9.17, 15) is 9.90 Å². The Morgan fingerprint density at radius 1 is 1.24 bits per heavy atom. The van der Waals surface area contributed by atoms with Crippen molar-refractivity contribution >= 4 is 6.03 Å². The zero-order chi connectivity index (χ0) is 17.5. The fourth-order valence-corrected chi connectivity index (χ4v) is 3.47. The van der Waals surface area contributed by atoms with Gasteiger partial charge in [-0.2, -0.15) is 0 Å². The van der Waals surface area contributed by atoms with Crippen molar-refractivity contribution in [3.8, 4) is 0 Å². The van der Waals surface area contributed by atoms with Gasteiger partial charge in [-0.1, -0.05) is 24.3 Å². The van der Waals surface area contributed by atoms with Gasteiger partial charge >= 0.3 is 6.03 Å². The molecule has 132 valence electrons. The Morgan fingerprint density at radius 3 is 2.84 bits per heavy atom. The lowest BCUT2D eigenvalue weighted by Gasteiger charge is -2.36. The highest BCUT2D eigenvalue weighted by molar-refractivity contribution is 5.75. The molecule has 0 aliphatic heterocycles. The van der Waals surface area contributed by atoms with Crippen LogP contribution in [0.5, 0.6) is 0 Å². The molecular formula is C20H25N3O2. The Hall–Kier alpha value is -2.40. The Bertz CT molecular complexity index is 690. The first kappa shape index (κ1) is 17.4. The summed E-state index contributed by atoms with van der Waals surface area (Å²) < 4.78 is 0. The number of urea groups is 1. The van der Waals surface area contributed by atoms with Crippen molar-refractivity contribution in [2.45, 2.75) is 38.3 Å². The number of benzene rings is 1. The number of carbonyl (C=O) groups is 1. The first-order valence-corrected chi connectivity index (χ1v) is 8.91. The van der Waals surface area contributed by atoms with Gasteiger partial charge in [0.15, 0.2) is 0 Å². The molecule has 0 fully saturated rings. The molecule has 0 bridgehead atoms. The van der Waals surface area contributed by atoms with Crippen LogP contribution in [0.15, 0.2) is 48.8 Å². The number of aliphatic hydroxyl groups excluding tert-OH is 1. The van der Waals surface area contributed by atoms with Gasteiger partial charge in [0.25, 0.3) is 0 Å². The van der Waals surface area contributed by atoms with E-state index in [-0.39, 0.29) is 18.7 Å². The van der Waals surface area contributed by atoms with Crippen LogP contribution in [0.3, 0.4) is 0 Å². The van der Waals surface area contributed by atoms with Crippen LogP contribution < -0.4 is 5.32 Å². The summed E-state index contributed by atoms with van der Waals surface area (Å²) in [7, 11) is 0. The van der Waals surface area contributed by atoms with E-state index < -0.39 is 0 Å². The molecule has 1 heterocycles. The number of hydrogen-bond donors (Lipinski definition) is 2. The van der Waals surface area contributed by atoms with Crippen LogP contribution in [0.1, 0.15) is 42.0 Å². The second-order valence-electron chi connectivity index (χ2n) is 6.39. The van der Waals surface area contributed by atoms with Gasteiger partial charge in [-0.3, -0.25) is 4.98 Å². The summed E-state index contributed by atoms with van der Waals surface area (Å²) in [6.07, 6.45) is 7.14. The number of carbonyl (C=O) groups excluding carboxylic acids is 1. The highest BCUT2D eigenvalue weighted by atomic mass is 16.3. The maximum Gasteiger partial charge on any atom is 0.318 e. The van der Waals surface area contributed by atoms with E-state index in [1.165, 1.54) is 11.1 Å². The Kier molecular flexibility index (Phi) is 6.01. The minimum absolute atomic E-state index is 0.0769. The molecule has 25 heavy (non-hydrogen) atoms. The van der Waals surface area contributed by atoms with Gasteiger partial charge in [0.1, 0.15) is 0 Å². The van der Waals surface area contributed by atoms with Gasteiger partial charge in [-0.15, -0.1) is 0 Å². The summed E-state index contributed by atoms with van der Waals surface area (Å²) >= 11 is 0. The molecule has 1 aliphatic carbocycles. The third-order valence-electron chi connectivity index (χ3n) is 4.73. The monoisotopic (exact) mass is 339 g/mol. The van der Waals surface area contributed by atoms with Crippen LogP contribution in [-0.2, 0) is 13.0 Å². The van der Waals surface area contributed by atoms with Crippen molar-refractivity contribution in [2.24, 2.45) is 0 Å². The topological polar surface area (TPSA) is 65.5 Å². The molecule has 1 atom stereocenters. The van der Waals surface area contributed by atoms with E-state index in [2.05, 4.69) is 28.5 Å². The first-order valence-electron chi connectivity index (χ1n) is 8.91. The van der Waals surface area contributed by atoms with E-state index in [0.29, 0.717) is 19.5 Å². The SMILES string of the molecule is O=C(NCc1ccncc1)N(CCCO)[C@@H]1CCCc2ccccc21. The van der Waals surface area contributed by atoms with Crippen LogP contribution in [0.2, 0.25) is 0 Å². The number of aryl methyl sites for hydroxylation is 1. The fraction of sp³-hybridized carbons (Fsp3) is 0.400. The quantitative estimate of drug-likeness (QED) is 0.850. The van der Waals surface area contributed by atoms with Gasteiger partial charge in [0, 0.05) is 32.1 Å². The lowest BCUT2D eigenvalue weighted by molar-refractivity contribution is 0.157. The lowest BCUT2D eigenvalue weighted by atomic mass is 9.87. The Balaban J connectivity index is 1.74. The summed E-state index contributed by atoms with van der Waals surface area (Å²) in [5.74, 6) is 0. The standard InChI is InChI=1S/C20H25N3O2/c24-14-4-13-23(20(25)22-15-16-9-11-21-12-10-16)19-8-3-6-17-5-1-2-7-18(17)19/h1-2,5,7,9-12,19,24H,3-4,6,8,13-15H2,(H,22,25)/t19-/m1/s1.